The first-order valence-electron chi connectivity index (χ1n) is 8.56. The maximum absolute atomic E-state index is 13.0. The Kier molecular flexibility index (Phi) is 5.73. The lowest BCUT2D eigenvalue weighted by atomic mass is 10.0. The van der Waals surface area contributed by atoms with Crippen LogP contribution in [0, 0.1) is 0 Å². The van der Waals surface area contributed by atoms with Crippen LogP contribution in [0.15, 0.2) is 72.8 Å². The fourth-order valence-electron chi connectivity index (χ4n) is 2.77. The van der Waals surface area contributed by atoms with Gasteiger partial charge in [0.1, 0.15) is 0 Å². The van der Waals surface area contributed by atoms with Gasteiger partial charge in [-0.2, -0.15) is 26.3 Å². The van der Waals surface area contributed by atoms with E-state index in [1.165, 1.54) is 0 Å². The van der Waals surface area contributed by atoms with Gasteiger partial charge in [0.05, 0.1) is 16.8 Å². The summed E-state index contributed by atoms with van der Waals surface area (Å²) in [7, 11) is 0. The summed E-state index contributed by atoms with van der Waals surface area (Å²) in [5, 5.41) is 4.51. The van der Waals surface area contributed by atoms with Crippen LogP contribution in [-0.4, -0.2) is 6.03 Å². The monoisotopic (exact) mass is 424 g/mol. The molecular formula is C21H14F6N2O. The van der Waals surface area contributed by atoms with Crippen molar-refractivity contribution >= 4 is 17.4 Å². The molecule has 0 unspecified atom stereocenters. The predicted molar refractivity (Wildman–Crippen MR) is 101 cm³/mol. The van der Waals surface area contributed by atoms with Crippen molar-refractivity contribution in [3.63, 3.8) is 0 Å². The molecular weight excluding hydrogens is 410 g/mol. The molecule has 3 aromatic carbocycles. The Morgan fingerprint density at radius 1 is 0.667 bits per heavy atom. The fraction of sp³-hybridized carbons (Fsp3) is 0.0952. The molecule has 0 aliphatic carbocycles. The second-order valence-corrected chi connectivity index (χ2v) is 6.29. The van der Waals surface area contributed by atoms with Gasteiger partial charge in [-0.25, -0.2) is 4.79 Å². The molecule has 3 aromatic rings. The Morgan fingerprint density at radius 3 is 1.77 bits per heavy atom. The second-order valence-electron chi connectivity index (χ2n) is 6.29. The second kappa shape index (κ2) is 8.10. The molecule has 3 nitrogen and oxygen atoms in total. The Hall–Kier alpha value is -3.49. The average Bonchev–Trinajstić information content (AvgIpc) is 2.67. The van der Waals surface area contributed by atoms with Crippen LogP contribution in [0.3, 0.4) is 0 Å². The van der Waals surface area contributed by atoms with Crippen molar-refractivity contribution in [2.24, 2.45) is 0 Å². The number of urea groups is 1. The zero-order valence-corrected chi connectivity index (χ0v) is 15.1. The number of hydrogen-bond donors (Lipinski definition) is 2. The number of nitrogens with one attached hydrogen (secondary N) is 2. The summed E-state index contributed by atoms with van der Waals surface area (Å²) in [5.74, 6) is 0. The summed E-state index contributed by atoms with van der Waals surface area (Å²) in [6, 6.07) is 15.5. The highest BCUT2D eigenvalue weighted by molar-refractivity contribution is 6.02. The molecule has 30 heavy (non-hydrogen) atoms. The van der Waals surface area contributed by atoms with Gasteiger partial charge in [0.15, 0.2) is 0 Å². The third-order valence-corrected chi connectivity index (χ3v) is 4.11. The standard InChI is InChI=1S/C21H14F6N2O/c22-20(23,24)14-10-15(21(25,26)27)12-16(11-14)28-19(30)29-18-9-5-4-8-17(18)13-6-2-1-3-7-13/h1-12H,(H2,28,29,30). The molecule has 9 heteroatoms. The van der Waals surface area contributed by atoms with E-state index >= 15 is 0 Å². The number of para-hydroxylation sites is 1. The predicted octanol–water partition coefficient (Wildman–Crippen LogP) is 7.04. The molecule has 0 aliphatic rings. The minimum absolute atomic E-state index is 0.00616. The van der Waals surface area contributed by atoms with E-state index in [2.05, 4.69) is 5.32 Å². The molecule has 2 amide bonds. The molecule has 0 fully saturated rings. The lowest BCUT2D eigenvalue weighted by Crippen LogP contribution is -2.21. The number of carbonyl (C=O) groups excluding carboxylic acids is 1. The molecule has 0 saturated heterocycles. The minimum Gasteiger partial charge on any atom is -0.308 e. The maximum Gasteiger partial charge on any atom is 0.416 e. The van der Waals surface area contributed by atoms with Crippen molar-refractivity contribution in [1.82, 2.24) is 0 Å². The summed E-state index contributed by atoms with van der Waals surface area (Å²) in [4.78, 5) is 12.3. The lowest BCUT2D eigenvalue weighted by Gasteiger charge is -2.16. The number of halogens is 6. The van der Waals surface area contributed by atoms with Crippen LogP contribution in [0.4, 0.5) is 42.5 Å². The fourth-order valence-corrected chi connectivity index (χ4v) is 2.77. The lowest BCUT2D eigenvalue weighted by molar-refractivity contribution is -0.143. The third-order valence-electron chi connectivity index (χ3n) is 4.11. The van der Waals surface area contributed by atoms with E-state index < -0.39 is 35.2 Å². The van der Waals surface area contributed by atoms with Gasteiger partial charge < -0.3 is 10.6 Å². The molecule has 0 heterocycles. The van der Waals surface area contributed by atoms with Crippen LogP contribution in [0.5, 0.6) is 0 Å². The maximum atomic E-state index is 13.0. The molecule has 0 aromatic heterocycles. The number of anilines is 2. The van der Waals surface area contributed by atoms with Gasteiger partial charge in [-0.1, -0.05) is 48.5 Å². The molecule has 156 valence electrons. The molecule has 0 saturated carbocycles. The number of carbonyl (C=O) groups is 1. The van der Waals surface area contributed by atoms with Gasteiger partial charge in [0.2, 0.25) is 0 Å². The first-order chi connectivity index (χ1) is 14.0. The van der Waals surface area contributed by atoms with Gasteiger partial charge in [0, 0.05) is 11.3 Å². The molecule has 3 rings (SSSR count). The van der Waals surface area contributed by atoms with Crippen LogP contribution in [0.2, 0.25) is 0 Å². The van der Waals surface area contributed by atoms with Crippen molar-refractivity contribution < 1.29 is 31.1 Å². The van der Waals surface area contributed by atoms with Crippen LogP contribution >= 0.6 is 0 Å². The first kappa shape index (κ1) is 21.2. The Balaban J connectivity index is 1.87. The smallest absolute Gasteiger partial charge is 0.308 e. The number of rotatable bonds is 3. The van der Waals surface area contributed by atoms with Crippen molar-refractivity contribution in [3.8, 4) is 11.1 Å². The quantitative estimate of drug-likeness (QED) is 0.435. The number of benzene rings is 3. The number of hydrogen-bond acceptors (Lipinski definition) is 1. The van der Waals surface area contributed by atoms with E-state index in [0.29, 0.717) is 23.4 Å². The minimum atomic E-state index is -5.01. The molecule has 0 atom stereocenters. The van der Waals surface area contributed by atoms with Crippen LogP contribution in [0.1, 0.15) is 11.1 Å². The third kappa shape index (κ3) is 5.11. The SMILES string of the molecule is O=C(Nc1cc(C(F)(F)F)cc(C(F)(F)F)c1)Nc1ccccc1-c1ccccc1. The van der Waals surface area contributed by atoms with E-state index in [4.69, 9.17) is 0 Å². The number of amides is 2. The van der Waals surface area contributed by atoms with E-state index in [1.54, 1.807) is 54.6 Å². The van der Waals surface area contributed by atoms with Gasteiger partial charge >= 0.3 is 18.4 Å². The zero-order chi connectivity index (χ0) is 21.9. The normalized spacial score (nSPS) is 11.8. The summed E-state index contributed by atoms with van der Waals surface area (Å²) in [6.45, 7) is 0. The van der Waals surface area contributed by atoms with E-state index in [9.17, 15) is 31.1 Å². The Morgan fingerprint density at radius 2 is 1.20 bits per heavy atom. The van der Waals surface area contributed by atoms with Crippen molar-refractivity contribution in [2.75, 3.05) is 10.6 Å². The van der Waals surface area contributed by atoms with Gasteiger partial charge in [-0.05, 0) is 29.8 Å². The largest absolute Gasteiger partial charge is 0.416 e. The molecule has 0 spiro atoms. The van der Waals surface area contributed by atoms with Gasteiger partial charge in [0.25, 0.3) is 0 Å². The van der Waals surface area contributed by atoms with Crippen molar-refractivity contribution in [1.29, 1.82) is 0 Å². The van der Waals surface area contributed by atoms with Crippen LogP contribution in [0.25, 0.3) is 11.1 Å². The first-order valence-corrected chi connectivity index (χ1v) is 8.56. The molecule has 0 radical (unpaired) electrons. The van der Waals surface area contributed by atoms with Crippen molar-refractivity contribution in [3.05, 3.63) is 83.9 Å². The van der Waals surface area contributed by atoms with Crippen molar-refractivity contribution in [2.45, 2.75) is 12.4 Å². The molecule has 0 aliphatic heterocycles. The van der Waals surface area contributed by atoms with E-state index in [1.807, 2.05) is 5.32 Å². The molecule has 0 bridgehead atoms. The van der Waals surface area contributed by atoms with Gasteiger partial charge in [-0.15, -0.1) is 0 Å². The van der Waals surface area contributed by atoms with Crippen LogP contribution in [-0.2, 0) is 12.4 Å². The topological polar surface area (TPSA) is 41.1 Å². The zero-order valence-electron chi connectivity index (χ0n) is 15.1. The van der Waals surface area contributed by atoms with E-state index in [0.717, 1.165) is 5.56 Å². The summed E-state index contributed by atoms with van der Waals surface area (Å²) < 4.78 is 77.8. The average molecular weight is 424 g/mol. The Bertz CT molecular complexity index is 1010. The van der Waals surface area contributed by atoms with E-state index in [-0.39, 0.29) is 6.07 Å². The highest BCUT2D eigenvalue weighted by atomic mass is 19.4. The summed E-state index contributed by atoms with van der Waals surface area (Å²) >= 11 is 0. The molecule has 2 N–H and O–H groups in total. The highest BCUT2D eigenvalue weighted by Crippen LogP contribution is 2.37. The highest BCUT2D eigenvalue weighted by Gasteiger charge is 2.37. The summed E-state index contributed by atoms with van der Waals surface area (Å²) in [6.07, 6.45) is -10.0. The van der Waals surface area contributed by atoms with Crippen LogP contribution < -0.4 is 10.6 Å². The van der Waals surface area contributed by atoms with Gasteiger partial charge in [-0.3, -0.25) is 0 Å². The Labute approximate surface area is 167 Å². The number of alkyl halides is 6. The summed E-state index contributed by atoms with van der Waals surface area (Å²) in [5.41, 5.74) is -1.93.